The SMILES string of the molecule is COc1cc(Cl)cc(NC(=O)c2cc(N3CCCS3(=O)=O)cc(C)c2Cl)c1. The van der Waals surface area contributed by atoms with Gasteiger partial charge in [0.1, 0.15) is 5.75 Å². The molecule has 27 heavy (non-hydrogen) atoms. The lowest BCUT2D eigenvalue weighted by Gasteiger charge is -2.19. The standard InChI is InChI=1S/C18H18Cl2N2O4S/c1-11-6-14(22-4-3-5-27(22,24)25)10-16(17(11)20)18(23)21-13-7-12(19)8-15(9-13)26-2/h6-10H,3-5H2,1-2H3,(H,21,23). The number of halogens is 2. The average Bonchev–Trinajstić information content (AvgIpc) is 2.95. The lowest BCUT2D eigenvalue weighted by atomic mass is 10.1. The molecule has 0 atom stereocenters. The molecule has 2 aromatic rings. The predicted octanol–water partition coefficient (Wildman–Crippen LogP) is 4.10. The average molecular weight is 429 g/mol. The highest BCUT2D eigenvalue weighted by molar-refractivity contribution is 7.93. The topological polar surface area (TPSA) is 75.7 Å². The molecule has 0 aliphatic carbocycles. The van der Waals surface area contributed by atoms with Crippen molar-refractivity contribution in [1.29, 1.82) is 0 Å². The normalized spacial score (nSPS) is 15.6. The zero-order valence-electron chi connectivity index (χ0n) is 14.8. The Morgan fingerprint density at radius 2 is 1.93 bits per heavy atom. The third-order valence-corrected chi connectivity index (χ3v) is 6.83. The summed E-state index contributed by atoms with van der Waals surface area (Å²) in [5.74, 6) is 0.126. The Kier molecular flexibility index (Phi) is 5.55. The molecule has 1 aliphatic rings. The summed E-state index contributed by atoms with van der Waals surface area (Å²) in [5, 5.41) is 3.40. The number of benzene rings is 2. The fourth-order valence-electron chi connectivity index (χ4n) is 2.94. The second-order valence-electron chi connectivity index (χ2n) is 6.20. The van der Waals surface area contributed by atoms with Gasteiger partial charge in [0.25, 0.3) is 5.91 Å². The molecule has 0 spiro atoms. The van der Waals surface area contributed by atoms with Crippen LogP contribution in [-0.4, -0.2) is 33.7 Å². The zero-order valence-corrected chi connectivity index (χ0v) is 17.1. The van der Waals surface area contributed by atoms with Crippen LogP contribution in [0.15, 0.2) is 30.3 Å². The molecule has 144 valence electrons. The number of nitrogens with zero attached hydrogens (tertiary/aromatic N) is 1. The number of ether oxygens (including phenoxy) is 1. The highest BCUT2D eigenvalue weighted by Crippen LogP contribution is 2.32. The number of amides is 1. The predicted molar refractivity (Wildman–Crippen MR) is 108 cm³/mol. The minimum atomic E-state index is -3.36. The van der Waals surface area contributed by atoms with E-state index in [9.17, 15) is 13.2 Å². The Hall–Kier alpha value is -1.96. The molecule has 0 saturated carbocycles. The van der Waals surface area contributed by atoms with Crippen LogP contribution in [0.4, 0.5) is 11.4 Å². The Balaban J connectivity index is 1.96. The second-order valence-corrected chi connectivity index (χ2v) is 9.03. The molecule has 0 bridgehead atoms. The van der Waals surface area contributed by atoms with Crippen LogP contribution in [0.3, 0.4) is 0 Å². The van der Waals surface area contributed by atoms with Crippen LogP contribution < -0.4 is 14.4 Å². The molecule has 3 rings (SSSR count). The van der Waals surface area contributed by atoms with Gasteiger partial charge >= 0.3 is 0 Å². The molecule has 1 fully saturated rings. The van der Waals surface area contributed by atoms with E-state index in [4.69, 9.17) is 27.9 Å². The number of aryl methyl sites for hydroxylation is 1. The molecular weight excluding hydrogens is 411 g/mol. The first-order valence-electron chi connectivity index (χ1n) is 8.18. The first-order chi connectivity index (χ1) is 12.7. The molecule has 2 aromatic carbocycles. The van der Waals surface area contributed by atoms with E-state index in [2.05, 4.69) is 5.32 Å². The number of nitrogens with one attached hydrogen (secondary N) is 1. The van der Waals surface area contributed by atoms with Gasteiger partial charge in [0.05, 0.1) is 29.1 Å². The maximum atomic E-state index is 12.8. The summed E-state index contributed by atoms with van der Waals surface area (Å²) in [6, 6.07) is 7.99. The number of anilines is 2. The number of hydrogen-bond acceptors (Lipinski definition) is 4. The Morgan fingerprint density at radius 3 is 2.56 bits per heavy atom. The third kappa shape index (κ3) is 4.15. The van der Waals surface area contributed by atoms with Crippen molar-refractivity contribution in [3.05, 3.63) is 51.5 Å². The smallest absolute Gasteiger partial charge is 0.257 e. The molecule has 0 aromatic heterocycles. The minimum Gasteiger partial charge on any atom is -0.497 e. The van der Waals surface area contributed by atoms with Gasteiger partial charge in [-0.2, -0.15) is 0 Å². The second kappa shape index (κ2) is 7.58. The van der Waals surface area contributed by atoms with Gasteiger partial charge in [-0.25, -0.2) is 8.42 Å². The molecule has 0 unspecified atom stereocenters. The molecule has 6 nitrogen and oxygen atoms in total. The number of methoxy groups -OCH3 is 1. The van der Waals surface area contributed by atoms with Gasteiger partial charge < -0.3 is 10.1 Å². The van der Waals surface area contributed by atoms with Gasteiger partial charge in [0.2, 0.25) is 10.0 Å². The summed E-state index contributed by atoms with van der Waals surface area (Å²) in [4.78, 5) is 12.8. The number of hydrogen-bond donors (Lipinski definition) is 1. The molecule has 9 heteroatoms. The van der Waals surface area contributed by atoms with E-state index in [0.29, 0.717) is 40.7 Å². The minimum absolute atomic E-state index is 0.0957. The largest absolute Gasteiger partial charge is 0.497 e. The van der Waals surface area contributed by atoms with Crippen LogP contribution in [0, 0.1) is 6.92 Å². The summed E-state index contributed by atoms with van der Waals surface area (Å²) in [6.45, 7) is 2.11. The molecule has 1 heterocycles. The lowest BCUT2D eigenvalue weighted by molar-refractivity contribution is 0.102. The van der Waals surface area contributed by atoms with Crippen molar-refractivity contribution in [3.63, 3.8) is 0 Å². The summed E-state index contributed by atoms with van der Waals surface area (Å²) < 4.78 is 30.9. The van der Waals surface area contributed by atoms with Crippen LogP contribution >= 0.6 is 23.2 Å². The monoisotopic (exact) mass is 428 g/mol. The molecular formula is C18H18Cl2N2O4S. The van der Waals surface area contributed by atoms with Crippen molar-refractivity contribution in [2.45, 2.75) is 13.3 Å². The summed E-state index contributed by atoms with van der Waals surface area (Å²) in [5.41, 5.74) is 1.68. The highest BCUT2D eigenvalue weighted by Gasteiger charge is 2.29. The van der Waals surface area contributed by atoms with E-state index in [0.717, 1.165) is 0 Å². The summed E-state index contributed by atoms with van der Waals surface area (Å²) in [6.07, 6.45) is 0.549. The van der Waals surface area contributed by atoms with E-state index in [-0.39, 0.29) is 16.3 Å². The first-order valence-corrected chi connectivity index (χ1v) is 10.5. The number of rotatable bonds is 4. The van der Waals surface area contributed by atoms with Crippen molar-refractivity contribution in [1.82, 2.24) is 0 Å². The molecule has 1 saturated heterocycles. The van der Waals surface area contributed by atoms with Crippen molar-refractivity contribution < 1.29 is 17.9 Å². The maximum absolute atomic E-state index is 12.8. The fraction of sp³-hybridized carbons (Fsp3) is 0.278. The van der Waals surface area contributed by atoms with Crippen molar-refractivity contribution in [2.75, 3.05) is 29.0 Å². The Bertz CT molecular complexity index is 1010. The molecule has 0 radical (unpaired) electrons. The van der Waals surface area contributed by atoms with E-state index in [1.54, 1.807) is 31.2 Å². The van der Waals surface area contributed by atoms with Gasteiger partial charge in [-0.3, -0.25) is 9.10 Å². The van der Waals surface area contributed by atoms with Crippen LogP contribution in [-0.2, 0) is 10.0 Å². The molecule has 1 aliphatic heterocycles. The summed E-state index contributed by atoms with van der Waals surface area (Å²) in [7, 11) is -1.86. The molecule has 1 N–H and O–H groups in total. The van der Waals surface area contributed by atoms with Crippen molar-refractivity contribution >= 4 is 50.5 Å². The Morgan fingerprint density at radius 1 is 1.19 bits per heavy atom. The van der Waals surface area contributed by atoms with E-state index >= 15 is 0 Å². The first kappa shape index (κ1) is 19.8. The molecule has 1 amide bonds. The quantitative estimate of drug-likeness (QED) is 0.794. The summed E-state index contributed by atoms with van der Waals surface area (Å²) >= 11 is 12.3. The van der Waals surface area contributed by atoms with Crippen LogP contribution in [0.2, 0.25) is 10.0 Å². The maximum Gasteiger partial charge on any atom is 0.257 e. The van der Waals surface area contributed by atoms with E-state index < -0.39 is 15.9 Å². The Labute approximate surface area is 168 Å². The van der Waals surface area contributed by atoms with Crippen LogP contribution in [0.5, 0.6) is 5.75 Å². The van der Waals surface area contributed by atoms with E-state index in [1.807, 2.05) is 0 Å². The third-order valence-electron chi connectivity index (χ3n) is 4.24. The fourth-order valence-corrected chi connectivity index (χ4v) is 4.91. The van der Waals surface area contributed by atoms with Gasteiger partial charge in [-0.1, -0.05) is 23.2 Å². The number of carbonyl (C=O) groups is 1. The zero-order chi connectivity index (χ0) is 19.8. The van der Waals surface area contributed by atoms with Crippen LogP contribution in [0.1, 0.15) is 22.3 Å². The highest BCUT2D eigenvalue weighted by atomic mass is 35.5. The van der Waals surface area contributed by atoms with Crippen molar-refractivity contribution in [3.8, 4) is 5.75 Å². The van der Waals surface area contributed by atoms with Crippen molar-refractivity contribution in [2.24, 2.45) is 0 Å². The van der Waals surface area contributed by atoms with Gasteiger partial charge in [0.15, 0.2) is 0 Å². The lowest BCUT2D eigenvalue weighted by Crippen LogP contribution is -2.25. The van der Waals surface area contributed by atoms with Gasteiger partial charge in [0, 0.05) is 23.3 Å². The van der Waals surface area contributed by atoms with Gasteiger partial charge in [-0.15, -0.1) is 0 Å². The van der Waals surface area contributed by atoms with E-state index in [1.165, 1.54) is 17.5 Å². The van der Waals surface area contributed by atoms with Crippen LogP contribution in [0.25, 0.3) is 0 Å². The number of carbonyl (C=O) groups excluding carboxylic acids is 1. The van der Waals surface area contributed by atoms with Gasteiger partial charge in [-0.05, 0) is 43.2 Å². The number of sulfonamides is 1.